The number of aromatic nitrogens is 1. The largest absolute Gasteiger partial charge is 0.424 e. The van der Waals surface area contributed by atoms with E-state index in [1.54, 1.807) is 6.20 Å². The van der Waals surface area contributed by atoms with Gasteiger partial charge in [0.2, 0.25) is 0 Å². The maximum Gasteiger partial charge on any atom is 0.308 e. The van der Waals surface area contributed by atoms with Crippen LogP contribution in [0.4, 0.5) is 0 Å². The standard InChI is InChI=1S/C10H8BrNO2/c1-6(13)14-10-5-12-9-4-7(11)2-3-8(9)10/h2-5,12H,1H3. The fourth-order valence-corrected chi connectivity index (χ4v) is 1.67. The minimum atomic E-state index is -0.311. The minimum absolute atomic E-state index is 0.311. The average molecular weight is 254 g/mol. The van der Waals surface area contributed by atoms with Gasteiger partial charge < -0.3 is 9.72 Å². The van der Waals surface area contributed by atoms with Crippen molar-refractivity contribution >= 4 is 32.8 Å². The summed E-state index contributed by atoms with van der Waals surface area (Å²) in [4.78, 5) is 13.8. The number of aromatic amines is 1. The molecule has 1 aromatic heterocycles. The number of rotatable bonds is 1. The van der Waals surface area contributed by atoms with Crippen molar-refractivity contribution in [1.82, 2.24) is 4.98 Å². The first-order chi connectivity index (χ1) is 6.66. The van der Waals surface area contributed by atoms with E-state index < -0.39 is 0 Å². The molecule has 0 aliphatic rings. The smallest absolute Gasteiger partial charge is 0.308 e. The van der Waals surface area contributed by atoms with Crippen LogP contribution in [-0.4, -0.2) is 11.0 Å². The van der Waals surface area contributed by atoms with Crippen LogP contribution in [0.25, 0.3) is 10.9 Å². The van der Waals surface area contributed by atoms with Gasteiger partial charge in [0.1, 0.15) is 0 Å². The highest BCUT2D eigenvalue weighted by atomic mass is 79.9. The lowest BCUT2D eigenvalue weighted by Gasteiger charge is -1.97. The lowest BCUT2D eigenvalue weighted by molar-refractivity contribution is -0.131. The second kappa shape index (κ2) is 3.46. The van der Waals surface area contributed by atoms with E-state index in [0.717, 1.165) is 15.4 Å². The van der Waals surface area contributed by atoms with Gasteiger partial charge in [-0.25, -0.2) is 0 Å². The first kappa shape index (κ1) is 9.27. The number of hydrogen-bond donors (Lipinski definition) is 1. The molecule has 2 rings (SSSR count). The van der Waals surface area contributed by atoms with Gasteiger partial charge in [-0.15, -0.1) is 0 Å². The first-order valence-electron chi connectivity index (χ1n) is 4.12. The highest BCUT2D eigenvalue weighted by molar-refractivity contribution is 9.10. The Morgan fingerprint density at radius 3 is 3.00 bits per heavy atom. The van der Waals surface area contributed by atoms with Crippen molar-refractivity contribution in [2.24, 2.45) is 0 Å². The predicted octanol–water partition coefficient (Wildman–Crippen LogP) is 2.86. The number of ether oxygens (including phenoxy) is 1. The molecule has 0 fully saturated rings. The van der Waals surface area contributed by atoms with E-state index in [2.05, 4.69) is 20.9 Å². The molecule has 14 heavy (non-hydrogen) atoms. The fourth-order valence-electron chi connectivity index (χ4n) is 1.31. The van der Waals surface area contributed by atoms with Crippen LogP contribution in [0.3, 0.4) is 0 Å². The summed E-state index contributed by atoms with van der Waals surface area (Å²) in [5, 5.41) is 0.906. The highest BCUT2D eigenvalue weighted by Crippen LogP contribution is 2.27. The topological polar surface area (TPSA) is 42.1 Å². The zero-order valence-electron chi connectivity index (χ0n) is 7.50. The Hall–Kier alpha value is -1.29. The zero-order valence-corrected chi connectivity index (χ0v) is 9.09. The van der Waals surface area contributed by atoms with Crippen LogP contribution in [0.1, 0.15) is 6.92 Å². The zero-order chi connectivity index (χ0) is 10.1. The first-order valence-corrected chi connectivity index (χ1v) is 4.91. The highest BCUT2D eigenvalue weighted by Gasteiger charge is 2.06. The van der Waals surface area contributed by atoms with Gasteiger partial charge in [0, 0.05) is 23.0 Å². The van der Waals surface area contributed by atoms with E-state index in [-0.39, 0.29) is 5.97 Å². The van der Waals surface area contributed by atoms with Gasteiger partial charge in [0.15, 0.2) is 5.75 Å². The van der Waals surface area contributed by atoms with Gasteiger partial charge in [0.05, 0.1) is 5.52 Å². The number of halogens is 1. The Labute approximate surface area is 89.2 Å². The third-order valence-corrected chi connectivity index (χ3v) is 2.35. The molecule has 4 heteroatoms. The molecule has 0 radical (unpaired) electrons. The maximum absolute atomic E-state index is 10.8. The number of hydrogen-bond acceptors (Lipinski definition) is 2. The summed E-state index contributed by atoms with van der Waals surface area (Å²) in [6.45, 7) is 1.39. The molecule has 72 valence electrons. The Balaban J connectivity index is 2.52. The Kier molecular flexibility index (Phi) is 2.29. The van der Waals surface area contributed by atoms with Crippen LogP contribution < -0.4 is 4.74 Å². The predicted molar refractivity (Wildman–Crippen MR) is 57.3 cm³/mol. The van der Waals surface area contributed by atoms with Crippen molar-refractivity contribution in [3.8, 4) is 5.75 Å². The molecule has 0 amide bonds. The molecule has 0 bridgehead atoms. The third-order valence-electron chi connectivity index (χ3n) is 1.86. The van der Waals surface area contributed by atoms with Gasteiger partial charge in [-0.1, -0.05) is 15.9 Å². The van der Waals surface area contributed by atoms with Gasteiger partial charge in [-0.3, -0.25) is 4.79 Å². The second-order valence-corrected chi connectivity index (χ2v) is 3.85. The summed E-state index contributed by atoms with van der Waals surface area (Å²) >= 11 is 3.36. The number of carbonyl (C=O) groups excluding carboxylic acids is 1. The number of benzene rings is 1. The number of nitrogens with one attached hydrogen (secondary N) is 1. The normalized spacial score (nSPS) is 10.4. The summed E-state index contributed by atoms with van der Waals surface area (Å²) < 4.78 is 6.01. The number of H-pyrrole nitrogens is 1. The number of fused-ring (bicyclic) bond motifs is 1. The molecule has 0 aliphatic heterocycles. The molecule has 1 heterocycles. The quantitative estimate of drug-likeness (QED) is 0.795. The molecule has 0 saturated heterocycles. The molecule has 1 aromatic carbocycles. The summed E-state index contributed by atoms with van der Waals surface area (Å²) in [6.07, 6.45) is 1.68. The molecular formula is C10H8BrNO2. The summed E-state index contributed by atoms with van der Waals surface area (Å²) in [5.74, 6) is 0.258. The minimum Gasteiger partial charge on any atom is -0.424 e. The molecule has 0 saturated carbocycles. The van der Waals surface area contributed by atoms with Crippen LogP contribution in [0.15, 0.2) is 28.9 Å². The molecule has 2 aromatic rings. The van der Waals surface area contributed by atoms with E-state index >= 15 is 0 Å². The number of esters is 1. The molecule has 0 atom stereocenters. The van der Waals surface area contributed by atoms with Crippen molar-refractivity contribution in [1.29, 1.82) is 0 Å². The van der Waals surface area contributed by atoms with Crippen LogP contribution in [0.5, 0.6) is 5.75 Å². The number of carbonyl (C=O) groups is 1. The van der Waals surface area contributed by atoms with Crippen molar-refractivity contribution < 1.29 is 9.53 Å². The van der Waals surface area contributed by atoms with Crippen molar-refractivity contribution in [3.05, 3.63) is 28.9 Å². The molecule has 3 nitrogen and oxygen atoms in total. The van der Waals surface area contributed by atoms with E-state index in [0.29, 0.717) is 5.75 Å². The summed E-state index contributed by atoms with van der Waals surface area (Å²) in [7, 11) is 0. The van der Waals surface area contributed by atoms with Crippen LogP contribution in [-0.2, 0) is 4.79 Å². The van der Waals surface area contributed by atoms with Gasteiger partial charge >= 0.3 is 5.97 Å². The Morgan fingerprint density at radius 2 is 2.29 bits per heavy atom. The van der Waals surface area contributed by atoms with Gasteiger partial charge in [-0.2, -0.15) is 0 Å². The SMILES string of the molecule is CC(=O)Oc1c[nH]c2cc(Br)ccc12. The molecule has 1 N–H and O–H groups in total. The van der Waals surface area contributed by atoms with Gasteiger partial charge in [-0.05, 0) is 18.2 Å². The lowest BCUT2D eigenvalue weighted by Crippen LogP contribution is -2.00. The Bertz CT molecular complexity index is 490. The lowest BCUT2D eigenvalue weighted by atomic mass is 10.2. The summed E-state index contributed by atoms with van der Waals surface area (Å²) in [5.41, 5.74) is 0.940. The molecule has 0 unspecified atom stereocenters. The molecule has 0 spiro atoms. The van der Waals surface area contributed by atoms with Crippen LogP contribution in [0.2, 0.25) is 0 Å². The third kappa shape index (κ3) is 1.65. The monoisotopic (exact) mass is 253 g/mol. The van der Waals surface area contributed by atoms with E-state index in [9.17, 15) is 4.79 Å². The van der Waals surface area contributed by atoms with Gasteiger partial charge in [0.25, 0.3) is 0 Å². The fraction of sp³-hybridized carbons (Fsp3) is 0.100. The average Bonchev–Trinajstić information content (AvgIpc) is 2.47. The van der Waals surface area contributed by atoms with Crippen molar-refractivity contribution in [2.45, 2.75) is 6.92 Å². The summed E-state index contributed by atoms with van der Waals surface area (Å²) in [6, 6.07) is 5.74. The maximum atomic E-state index is 10.8. The molecule has 0 aliphatic carbocycles. The van der Waals surface area contributed by atoms with E-state index in [4.69, 9.17) is 4.74 Å². The second-order valence-electron chi connectivity index (χ2n) is 2.94. The molecular weight excluding hydrogens is 246 g/mol. The van der Waals surface area contributed by atoms with E-state index in [1.165, 1.54) is 6.92 Å². The van der Waals surface area contributed by atoms with Crippen LogP contribution >= 0.6 is 15.9 Å². The van der Waals surface area contributed by atoms with Crippen molar-refractivity contribution in [3.63, 3.8) is 0 Å². The Morgan fingerprint density at radius 1 is 1.50 bits per heavy atom. The van der Waals surface area contributed by atoms with E-state index in [1.807, 2.05) is 18.2 Å². The van der Waals surface area contributed by atoms with Crippen LogP contribution in [0, 0.1) is 0 Å². The van der Waals surface area contributed by atoms with Crippen molar-refractivity contribution in [2.75, 3.05) is 0 Å².